The Labute approximate surface area is 214 Å². The van der Waals surface area contributed by atoms with Crippen LogP contribution in [0.15, 0.2) is 42.4 Å². The number of rotatable bonds is 11. The summed E-state index contributed by atoms with van der Waals surface area (Å²) in [6, 6.07) is 0. The third-order valence-corrected chi connectivity index (χ3v) is 5.93. The van der Waals surface area contributed by atoms with Crippen molar-refractivity contribution >= 4 is 22.8 Å². The molecule has 1 aliphatic heterocycles. The molecule has 36 heavy (non-hydrogen) atoms. The third-order valence-electron chi connectivity index (χ3n) is 5.93. The number of aliphatic carboxylic acids is 1. The molecule has 0 saturated carbocycles. The van der Waals surface area contributed by atoms with Gasteiger partial charge in [-0.1, -0.05) is 53.2 Å². The zero-order valence-electron chi connectivity index (χ0n) is 22.2. The molecule has 1 saturated heterocycles. The number of hydrogen-bond acceptors (Lipinski definition) is 6. The molecule has 1 aliphatic rings. The molecule has 1 fully saturated rings. The second kappa shape index (κ2) is 16.5. The number of nitrogens with one attached hydrogen (secondary N) is 3. The molecule has 200 valence electrons. The maximum atomic E-state index is 11.7. The Kier molecular flexibility index (Phi) is 14.1. The first kappa shape index (κ1) is 30.8. The van der Waals surface area contributed by atoms with E-state index in [-0.39, 0.29) is 17.3 Å². The molecule has 0 radical (unpaired) electrons. The summed E-state index contributed by atoms with van der Waals surface area (Å²) < 4.78 is 0. The lowest BCUT2D eigenvalue weighted by molar-refractivity contribution is -0.141. The lowest BCUT2D eigenvalue weighted by atomic mass is 9.97. The maximum Gasteiger partial charge on any atom is 0.306 e. The number of fused-ring (bicyclic) bond motifs is 1. The number of carboxylic acids is 1. The number of H-pyrrole nitrogens is 2. The van der Waals surface area contributed by atoms with Crippen LogP contribution in [0.2, 0.25) is 0 Å². The molecule has 9 nitrogen and oxygen atoms in total. The number of aromatic amines is 2. The summed E-state index contributed by atoms with van der Waals surface area (Å²) in [5.74, 6) is -0.317. The molecular weight excluding hydrogens is 458 g/mol. The molecule has 0 aromatic carbocycles. The molecule has 2 atom stereocenters. The summed E-state index contributed by atoms with van der Waals surface area (Å²) in [5.41, 5.74) is 2.61. The molecule has 0 unspecified atom stereocenters. The number of allylic oxidation sites excluding steroid dienone is 1. The van der Waals surface area contributed by atoms with Gasteiger partial charge in [0, 0.05) is 31.8 Å². The Balaban J connectivity index is 0.000000498. The van der Waals surface area contributed by atoms with Gasteiger partial charge in [-0.25, -0.2) is 4.98 Å². The van der Waals surface area contributed by atoms with Gasteiger partial charge < -0.3 is 20.4 Å². The lowest BCUT2D eigenvalue weighted by Gasteiger charge is -2.15. The number of Topliss-reactive ketones (excluding diaryl/α,β-unsaturated/α-hetero) is 1. The highest BCUT2D eigenvalue weighted by Crippen LogP contribution is 2.25. The van der Waals surface area contributed by atoms with Crippen LogP contribution >= 0.6 is 0 Å². The minimum atomic E-state index is -0.696. The fourth-order valence-electron chi connectivity index (χ4n) is 3.89. The second-order valence-corrected chi connectivity index (χ2v) is 9.27. The Morgan fingerprint density at radius 3 is 2.61 bits per heavy atom. The summed E-state index contributed by atoms with van der Waals surface area (Å²) >= 11 is 0. The summed E-state index contributed by atoms with van der Waals surface area (Å²) in [7, 11) is 0. The van der Waals surface area contributed by atoms with Gasteiger partial charge >= 0.3 is 5.97 Å². The normalized spacial score (nSPS) is 15.7. The van der Waals surface area contributed by atoms with Crippen molar-refractivity contribution in [3.8, 4) is 0 Å². The molecule has 3 rings (SSSR count). The van der Waals surface area contributed by atoms with Gasteiger partial charge in [0.05, 0.1) is 23.5 Å². The van der Waals surface area contributed by atoms with Crippen LogP contribution in [0.3, 0.4) is 0 Å². The van der Waals surface area contributed by atoms with E-state index in [1.54, 1.807) is 6.92 Å². The molecule has 0 bridgehead atoms. The predicted molar refractivity (Wildman–Crippen MR) is 144 cm³/mol. The minimum Gasteiger partial charge on any atom is -0.481 e. The highest BCUT2D eigenvalue weighted by atomic mass is 16.4. The summed E-state index contributed by atoms with van der Waals surface area (Å²) in [6.07, 6.45) is 11.2. The molecule has 0 aliphatic carbocycles. The van der Waals surface area contributed by atoms with Crippen LogP contribution in [0.4, 0.5) is 0 Å². The first-order chi connectivity index (χ1) is 17.1. The van der Waals surface area contributed by atoms with Crippen molar-refractivity contribution < 1.29 is 14.7 Å². The van der Waals surface area contributed by atoms with Crippen molar-refractivity contribution in [3.05, 3.63) is 53.5 Å². The van der Waals surface area contributed by atoms with Crippen LogP contribution in [-0.4, -0.2) is 49.8 Å². The van der Waals surface area contributed by atoms with Crippen LogP contribution in [0, 0.1) is 11.8 Å². The fourth-order valence-corrected chi connectivity index (χ4v) is 3.89. The molecule has 9 heteroatoms. The number of aromatic nitrogens is 3. The number of carboxylic acid groups (broad SMARTS) is 1. The molecule has 3 heterocycles. The summed E-state index contributed by atoms with van der Waals surface area (Å²) in [5, 5.41) is 11.5. The average Bonchev–Trinajstić information content (AvgIpc) is 3.45. The minimum absolute atomic E-state index is 0.0649. The highest BCUT2D eigenvalue weighted by molar-refractivity contribution is 5.92. The van der Waals surface area contributed by atoms with Crippen LogP contribution in [0.5, 0.6) is 0 Å². The van der Waals surface area contributed by atoms with E-state index in [1.165, 1.54) is 32.3 Å². The first-order valence-corrected chi connectivity index (χ1v) is 12.7. The zero-order chi connectivity index (χ0) is 27.1. The third kappa shape index (κ3) is 10.6. The van der Waals surface area contributed by atoms with Gasteiger partial charge in [-0.2, -0.15) is 0 Å². The Hall–Kier alpha value is -3.20. The van der Waals surface area contributed by atoms with Gasteiger partial charge in [-0.05, 0) is 37.9 Å². The number of unbranched alkanes of at least 4 members (excludes halogenated alkanes) is 1. The maximum absolute atomic E-state index is 11.7. The Bertz CT molecular complexity index is 1040. The van der Waals surface area contributed by atoms with Crippen molar-refractivity contribution in [2.45, 2.75) is 72.8 Å². The van der Waals surface area contributed by atoms with E-state index < -0.39 is 5.97 Å². The van der Waals surface area contributed by atoms with Crippen molar-refractivity contribution in [1.82, 2.24) is 25.2 Å². The zero-order valence-corrected chi connectivity index (χ0v) is 22.2. The average molecular weight is 502 g/mol. The molecule has 2 aromatic rings. The number of hydrogen-bond donors (Lipinski definition) is 4. The number of nitrogens with zero attached hydrogens (tertiary/aromatic N) is 2. The number of ketones is 1. The lowest BCUT2D eigenvalue weighted by Crippen LogP contribution is -2.20. The van der Waals surface area contributed by atoms with Crippen molar-refractivity contribution in [1.29, 1.82) is 0 Å². The van der Waals surface area contributed by atoms with Crippen LogP contribution < -0.4 is 10.9 Å². The van der Waals surface area contributed by atoms with Crippen molar-refractivity contribution in [2.75, 3.05) is 13.1 Å². The number of carbonyl (C=O) groups is 2. The smallest absolute Gasteiger partial charge is 0.306 e. The Morgan fingerprint density at radius 2 is 2.03 bits per heavy atom. The van der Waals surface area contributed by atoms with Crippen LogP contribution in [0.25, 0.3) is 11.0 Å². The highest BCUT2D eigenvalue weighted by Gasteiger charge is 2.23. The van der Waals surface area contributed by atoms with Gasteiger partial charge in [0.1, 0.15) is 5.52 Å². The van der Waals surface area contributed by atoms with E-state index in [9.17, 15) is 14.4 Å². The van der Waals surface area contributed by atoms with Crippen LogP contribution in [0.1, 0.15) is 71.8 Å². The first-order valence-electron chi connectivity index (χ1n) is 12.7. The summed E-state index contributed by atoms with van der Waals surface area (Å²) in [6.45, 7) is 17.2. The van der Waals surface area contributed by atoms with E-state index in [2.05, 4.69) is 52.2 Å². The Morgan fingerprint density at radius 1 is 1.33 bits per heavy atom. The van der Waals surface area contributed by atoms with Gasteiger partial charge in [0.25, 0.3) is 5.56 Å². The van der Waals surface area contributed by atoms with Crippen molar-refractivity contribution in [3.63, 3.8) is 0 Å². The van der Waals surface area contributed by atoms with E-state index in [1.807, 2.05) is 6.20 Å². The largest absolute Gasteiger partial charge is 0.481 e. The summed E-state index contributed by atoms with van der Waals surface area (Å²) in [4.78, 5) is 45.2. The molecular formula is C27H43N5O4. The molecule has 4 N–H and O–H groups in total. The molecule has 0 spiro atoms. The number of carbonyl (C=O) groups excluding carboxylic acids is 1. The molecule has 0 amide bonds. The van der Waals surface area contributed by atoms with E-state index >= 15 is 0 Å². The van der Waals surface area contributed by atoms with E-state index in [0.29, 0.717) is 17.1 Å². The van der Waals surface area contributed by atoms with E-state index in [0.717, 1.165) is 56.4 Å². The fraction of sp³-hybridized carbons (Fsp3) is 0.556. The van der Waals surface area contributed by atoms with Crippen molar-refractivity contribution in [2.24, 2.45) is 11.8 Å². The van der Waals surface area contributed by atoms with Gasteiger partial charge in [0.15, 0.2) is 5.78 Å². The monoisotopic (exact) mass is 501 g/mol. The molecule has 2 aromatic heterocycles. The topological polar surface area (TPSA) is 131 Å². The van der Waals surface area contributed by atoms with E-state index in [4.69, 9.17) is 5.11 Å². The second-order valence-electron chi connectivity index (χ2n) is 9.27. The standard InChI is InChI=1S/C18H26N4O3.C6H9NO.C3H8/c1-12(18(24)25)4-2-3-5-13-6-7-22(9-13)10-14-8-19-16-15(14)20-11-21-17(16)23;1-4-7-5(2)6(3)8;1-3-2/h8,11-13,19H,2-7,9-10H2,1H3,(H,24,25)(H,20,21,23);4,7H,1-2H2,3H3;3H2,1-2H3/t12-,13+;;/m0../s1. The van der Waals surface area contributed by atoms with Crippen LogP contribution in [-0.2, 0) is 16.1 Å². The predicted octanol–water partition coefficient (Wildman–Crippen LogP) is 4.59. The van der Waals surface area contributed by atoms with Gasteiger partial charge in [-0.15, -0.1) is 0 Å². The SMILES string of the molecule is C=CNC(=C)C(C)=O.CCC.C[C@@H](CCCC[C@@H]1CCN(Cc2c[nH]c3c(=O)[nH]cnc23)C1)C(=O)O. The van der Waals surface area contributed by atoms with Gasteiger partial charge in [-0.3, -0.25) is 19.3 Å². The quantitative estimate of drug-likeness (QED) is 0.261. The number of likely N-dealkylation sites (tertiary alicyclic amines) is 1. The van der Waals surface area contributed by atoms with Gasteiger partial charge in [0.2, 0.25) is 0 Å².